The van der Waals surface area contributed by atoms with E-state index in [0.29, 0.717) is 24.0 Å². The van der Waals surface area contributed by atoms with Crippen LogP contribution < -0.4 is 10.6 Å². The highest BCUT2D eigenvalue weighted by Crippen LogP contribution is 2.28. The zero-order valence-electron chi connectivity index (χ0n) is 12.4. The molecule has 2 heterocycles. The quantitative estimate of drug-likeness (QED) is 0.837. The first-order valence-corrected chi connectivity index (χ1v) is 8.35. The van der Waals surface area contributed by atoms with Crippen LogP contribution in [0.25, 0.3) is 0 Å². The molecule has 2 saturated heterocycles. The highest BCUT2D eigenvalue weighted by atomic mass is 35.5. The SMILES string of the molecule is Cl.O=C(CCC1CCCCC1)NC1CC2CCC(C1)N2. The number of nitrogens with one attached hydrogen (secondary N) is 2. The smallest absolute Gasteiger partial charge is 0.220 e. The van der Waals surface area contributed by atoms with Crippen LogP contribution in [-0.2, 0) is 4.79 Å². The number of piperidine rings is 1. The number of hydrogen-bond donors (Lipinski definition) is 2. The second-order valence-electron chi connectivity index (χ2n) is 6.92. The summed E-state index contributed by atoms with van der Waals surface area (Å²) in [4.78, 5) is 12.1. The highest BCUT2D eigenvalue weighted by Gasteiger charge is 2.33. The van der Waals surface area contributed by atoms with Crippen LogP contribution >= 0.6 is 12.4 Å². The van der Waals surface area contributed by atoms with Crippen molar-refractivity contribution in [3.8, 4) is 0 Å². The summed E-state index contributed by atoms with van der Waals surface area (Å²) in [6.07, 6.45) is 13.6. The number of carbonyl (C=O) groups excluding carboxylic acids is 1. The van der Waals surface area contributed by atoms with Gasteiger partial charge in [-0.3, -0.25) is 4.79 Å². The Morgan fingerprint density at radius 3 is 2.30 bits per heavy atom. The van der Waals surface area contributed by atoms with E-state index in [-0.39, 0.29) is 12.4 Å². The summed E-state index contributed by atoms with van der Waals surface area (Å²) in [5.74, 6) is 1.13. The van der Waals surface area contributed by atoms with Gasteiger partial charge in [-0.25, -0.2) is 0 Å². The molecule has 1 aliphatic carbocycles. The van der Waals surface area contributed by atoms with Crippen LogP contribution in [0.3, 0.4) is 0 Å². The second kappa shape index (κ2) is 7.65. The predicted molar refractivity (Wildman–Crippen MR) is 84.2 cm³/mol. The molecule has 0 spiro atoms. The summed E-state index contributed by atoms with van der Waals surface area (Å²) >= 11 is 0. The van der Waals surface area contributed by atoms with E-state index in [4.69, 9.17) is 0 Å². The average Bonchev–Trinajstić information content (AvgIpc) is 2.77. The van der Waals surface area contributed by atoms with Crippen molar-refractivity contribution in [2.45, 2.75) is 88.8 Å². The van der Waals surface area contributed by atoms with Crippen LogP contribution in [0.15, 0.2) is 0 Å². The number of fused-ring (bicyclic) bond motifs is 2. The summed E-state index contributed by atoms with van der Waals surface area (Å²) in [6, 6.07) is 1.78. The summed E-state index contributed by atoms with van der Waals surface area (Å²) in [6.45, 7) is 0. The van der Waals surface area contributed by atoms with Crippen molar-refractivity contribution in [1.29, 1.82) is 0 Å². The average molecular weight is 301 g/mol. The van der Waals surface area contributed by atoms with Gasteiger partial charge in [0, 0.05) is 24.5 Å². The van der Waals surface area contributed by atoms with Crippen molar-refractivity contribution in [1.82, 2.24) is 10.6 Å². The van der Waals surface area contributed by atoms with Crippen molar-refractivity contribution in [3.63, 3.8) is 0 Å². The fraction of sp³-hybridized carbons (Fsp3) is 0.938. The molecule has 20 heavy (non-hydrogen) atoms. The summed E-state index contributed by atoms with van der Waals surface area (Å²) < 4.78 is 0. The van der Waals surface area contributed by atoms with Gasteiger partial charge in [0.15, 0.2) is 0 Å². The van der Waals surface area contributed by atoms with Crippen molar-refractivity contribution >= 4 is 18.3 Å². The van der Waals surface area contributed by atoms with E-state index in [1.54, 1.807) is 0 Å². The minimum atomic E-state index is 0. The number of amides is 1. The molecule has 3 rings (SSSR count). The fourth-order valence-electron chi connectivity index (χ4n) is 4.29. The molecule has 2 bridgehead atoms. The Balaban J connectivity index is 0.00000147. The van der Waals surface area contributed by atoms with Crippen LogP contribution in [0.4, 0.5) is 0 Å². The topological polar surface area (TPSA) is 41.1 Å². The van der Waals surface area contributed by atoms with Gasteiger partial charge < -0.3 is 10.6 Å². The van der Waals surface area contributed by atoms with Gasteiger partial charge in [0.05, 0.1) is 0 Å². The lowest BCUT2D eigenvalue weighted by Gasteiger charge is -2.30. The number of carbonyl (C=O) groups is 1. The molecule has 3 nitrogen and oxygen atoms in total. The Hall–Kier alpha value is -0.280. The fourth-order valence-corrected chi connectivity index (χ4v) is 4.29. The molecule has 0 aromatic rings. The summed E-state index contributed by atoms with van der Waals surface area (Å²) in [5, 5.41) is 6.91. The number of rotatable bonds is 4. The van der Waals surface area contributed by atoms with Crippen LogP contribution in [0.2, 0.25) is 0 Å². The molecule has 0 radical (unpaired) electrons. The van der Waals surface area contributed by atoms with E-state index < -0.39 is 0 Å². The largest absolute Gasteiger partial charge is 0.353 e. The Labute approximate surface area is 129 Å². The minimum absolute atomic E-state index is 0. The van der Waals surface area contributed by atoms with Gasteiger partial charge in [0.25, 0.3) is 0 Å². The molecule has 0 aromatic heterocycles. The van der Waals surface area contributed by atoms with E-state index >= 15 is 0 Å². The first-order valence-electron chi connectivity index (χ1n) is 8.35. The number of halogens is 1. The first kappa shape index (κ1) is 16.1. The normalized spacial score (nSPS) is 33.5. The maximum atomic E-state index is 12.1. The van der Waals surface area contributed by atoms with Gasteiger partial charge in [-0.2, -0.15) is 0 Å². The minimum Gasteiger partial charge on any atom is -0.353 e. The highest BCUT2D eigenvalue weighted by molar-refractivity contribution is 5.85. The van der Waals surface area contributed by atoms with E-state index in [2.05, 4.69) is 10.6 Å². The molecular weight excluding hydrogens is 272 g/mol. The van der Waals surface area contributed by atoms with E-state index in [9.17, 15) is 4.79 Å². The van der Waals surface area contributed by atoms with Crippen molar-refractivity contribution < 1.29 is 4.79 Å². The zero-order chi connectivity index (χ0) is 13.1. The number of hydrogen-bond acceptors (Lipinski definition) is 2. The van der Waals surface area contributed by atoms with Crippen LogP contribution in [0.5, 0.6) is 0 Å². The zero-order valence-corrected chi connectivity index (χ0v) is 13.2. The van der Waals surface area contributed by atoms with Gasteiger partial charge in [-0.1, -0.05) is 32.1 Å². The Morgan fingerprint density at radius 2 is 1.65 bits per heavy atom. The van der Waals surface area contributed by atoms with Crippen molar-refractivity contribution in [2.24, 2.45) is 5.92 Å². The molecule has 3 aliphatic rings. The van der Waals surface area contributed by atoms with Crippen LogP contribution in [-0.4, -0.2) is 24.0 Å². The third kappa shape index (κ3) is 4.36. The van der Waals surface area contributed by atoms with Gasteiger partial charge >= 0.3 is 0 Å². The first-order chi connectivity index (χ1) is 9.29. The third-order valence-electron chi connectivity index (χ3n) is 5.34. The summed E-state index contributed by atoms with van der Waals surface area (Å²) in [5.41, 5.74) is 0. The Bertz CT molecular complexity index is 306. The molecule has 2 N–H and O–H groups in total. The van der Waals surface area contributed by atoms with Gasteiger partial charge in [-0.15, -0.1) is 12.4 Å². The van der Waals surface area contributed by atoms with Crippen molar-refractivity contribution in [2.75, 3.05) is 0 Å². The van der Waals surface area contributed by atoms with E-state index in [1.807, 2.05) is 0 Å². The van der Waals surface area contributed by atoms with Gasteiger partial charge in [0.2, 0.25) is 5.91 Å². The summed E-state index contributed by atoms with van der Waals surface area (Å²) in [7, 11) is 0. The molecular formula is C16H29ClN2O. The third-order valence-corrected chi connectivity index (χ3v) is 5.34. The van der Waals surface area contributed by atoms with Crippen LogP contribution in [0.1, 0.15) is 70.6 Å². The molecule has 0 aromatic carbocycles. The molecule has 2 atom stereocenters. The molecule has 1 amide bonds. The molecule has 4 heteroatoms. The lowest BCUT2D eigenvalue weighted by molar-refractivity contribution is -0.122. The molecule has 116 valence electrons. The maximum absolute atomic E-state index is 12.1. The Kier molecular flexibility index (Phi) is 6.16. The molecule has 2 unspecified atom stereocenters. The standard InChI is InChI=1S/C16H28N2O.ClH/c19-16(9-6-12-4-2-1-3-5-12)18-15-10-13-7-8-14(11-15)17-13;/h12-15,17H,1-11H2,(H,18,19);1H. The lowest BCUT2D eigenvalue weighted by Crippen LogP contribution is -2.48. The lowest BCUT2D eigenvalue weighted by atomic mass is 9.86. The van der Waals surface area contributed by atoms with Gasteiger partial charge in [-0.05, 0) is 38.0 Å². The van der Waals surface area contributed by atoms with Gasteiger partial charge in [0.1, 0.15) is 0 Å². The van der Waals surface area contributed by atoms with E-state index in [0.717, 1.165) is 31.6 Å². The van der Waals surface area contributed by atoms with Crippen LogP contribution in [0, 0.1) is 5.92 Å². The predicted octanol–water partition coefficient (Wildman–Crippen LogP) is 3.17. The second-order valence-corrected chi connectivity index (χ2v) is 6.92. The van der Waals surface area contributed by atoms with E-state index in [1.165, 1.54) is 44.9 Å². The van der Waals surface area contributed by atoms with Crippen molar-refractivity contribution in [3.05, 3.63) is 0 Å². The maximum Gasteiger partial charge on any atom is 0.220 e. The Morgan fingerprint density at radius 1 is 1.00 bits per heavy atom. The molecule has 1 saturated carbocycles. The molecule has 2 aliphatic heterocycles. The monoisotopic (exact) mass is 300 g/mol. The molecule has 3 fully saturated rings.